The van der Waals surface area contributed by atoms with Crippen molar-refractivity contribution in [1.29, 1.82) is 0 Å². The molecule has 2 heterocycles. The second-order valence-corrected chi connectivity index (χ2v) is 8.95. The molecule has 2 N–H and O–H groups in total. The monoisotopic (exact) mass is 344 g/mol. The normalized spacial score (nSPS) is 36.4. The van der Waals surface area contributed by atoms with Crippen LogP contribution in [0, 0.1) is 11.8 Å². The molecule has 0 bridgehead atoms. The number of nitrogens with two attached hydrogens (primary N) is 1. The van der Waals surface area contributed by atoms with E-state index in [4.69, 9.17) is 5.73 Å². The van der Waals surface area contributed by atoms with Crippen LogP contribution in [0.15, 0.2) is 30.3 Å². The minimum Gasteiger partial charge on any atom is -0.342 e. The van der Waals surface area contributed by atoms with E-state index in [1.165, 1.54) is 17.7 Å². The predicted molar refractivity (Wildman–Crippen MR) is 100 cm³/mol. The molecule has 2 aliphatic heterocycles. The van der Waals surface area contributed by atoms with E-state index in [1.54, 1.807) is 0 Å². The number of amides is 1. The Labute approximate surface area is 149 Å². The summed E-state index contributed by atoms with van der Waals surface area (Å²) in [5.41, 5.74) is 7.52. The van der Waals surface area contributed by atoms with Crippen molar-refractivity contribution in [1.82, 2.24) is 4.90 Å². The molecule has 0 aromatic heterocycles. The Morgan fingerprint density at radius 2 is 1.96 bits per heavy atom. The number of carbonyl (C=O) groups is 1. The summed E-state index contributed by atoms with van der Waals surface area (Å²) in [6, 6.07) is 11.2. The van der Waals surface area contributed by atoms with Gasteiger partial charge in [0.2, 0.25) is 5.91 Å². The largest absolute Gasteiger partial charge is 0.342 e. The van der Waals surface area contributed by atoms with Gasteiger partial charge >= 0.3 is 0 Å². The number of rotatable bonds is 3. The van der Waals surface area contributed by atoms with Crippen molar-refractivity contribution in [3.63, 3.8) is 0 Å². The summed E-state index contributed by atoms with van der Waals surface area (Å²) >= 11 is 2.10. The van der Waals surface area contributed by atoms with Crippen LogP contribution in [-0.4, -0.2) is 40.9 Å². The number of hydrogen-bond acceptors (Lipinski definition) is 3. The van der Waals surface area contributed by atoms with Gasteiger partial charge in [-0.2, -0.15) is 11.8 Å². The Morgan fingerprint density at radius 1 is 1.12 bits per heavy atom. The molecule has 130 valence electrons. The van der Waals surface area contributed by atoms with Gasteiger partial charge in [0.1, 0.15) is 0 Å². The van der Waals surface area contributed by atoms with E-state index in [9.17, 15) is 4.79 Å². The summed E-state index contributed by atoms with van der Waals surface area (Å²) in [6.45, 7) is 1.78. The summed E-state index contributed by atoms with van der Waals surface area (Å²) in [7, 11) is 0. The predicted octanol–water partition coefficient (Wildman–Crippen LogP) is 3.25. The zero-order valence-corrected chi connectivity index (χ0v) is 15.1. The third kappa shape index (κ3) is 3.36. The molecule has 1 aromatic rings. The van der Waals surface area contributed by atoms with E-state index in [2.05, 4.69) is 47.0 Å². The maximum Gasteiger partial charge on any atom is 0.226 e. The lowest BCUT2D eigenvalue weighted by atomic mass is 9.90. The van der Waals surface area contributed by atoms with Crippen molar-refractivity contribution in [2.24, 2.45) is 17.6 Å². The van der Waals surface area contributed by atoms with Crippen molar-refractivity contribution < 1.29 is 4.79 Å². The van der Waals surface area contributed by atoms with E-state index in [1.807, 2.05) is 0 Å². The Hall–Kier alpha value is -1.00. The van der Waals surface area contributed by atoms with Crippen LogP contribution in [0.1, 0.15) is 43.6 Å². The minimum atomic E-state index is 0.279. The van der Waals surface area contributed by atoms with Crippen LogP contribution < -0.4 is 5.73 Å². The summed E-state index contributed by atoms with van der Waals surface area (Å²) in [4.78, 5) is 15.0. The highest BCUT2D eigenvalue weighted by Crippen LogP contribution is 2.55. The number of likely N-dealkylation sites (tertiary alicyclic amines) is 1. The lowest BCUT2D eigenvalue weighted by Gasteiger charge is -2.23. The lowest BCUT2D eigenvalue weighted by Crippen LogP contribution is -2.35. The Morgan fingerprint density at radius 3 is 2.79 bits per heavy atom. The molecule has 1 aliphatic carbocycles. The summed E-state index contributed by atoms with van der Waals surface area (Å²) in [6.07, 6.45) is 5.45. The molecule has 2 saturated heterocycles. The molecule has 5 atom stereocenters. The van der Waals surface area contributed by atoms with Gasteiger partial charge in [0.25, 0.3) is 0 Å². The standard InChI is InChI=1S/C20H28N2OS/c21-15-7-4-10-22(11-8-15)20(23)18-13-17(18)19-16(9-12-24-19)14-5-2-1-3-6-14/h1-3,5-6,15-19H,4,7-13,21H2. The van der Waals surface area contributed by atoms with Crippen LogP contribution in [0.5, 0.6) is 0 Å². The highest BCUT2D eigenvalue weighted by atomic mass is 32.2. The number of thioether (sulfide) groups is 1. The van der Waals surface area contributed by atoms with Crippen molar-refractivity contribution in [2.75, 3.05) is 18.8 Å². The first kappa shape index (κ1) is 16.5. The van der Waals surface area contributed by atoms with E-state index in [-0.39, 0.29) is 12.0 Å². The first-order chi connectivity index (χ1) is 11.7. The number of hydrogen-bond donors (Lipinski definition) is 1. The van der Waals surface area contributed by atoms with Gasteiger partial charge in [-0.1, -0.05) is 30.3 Å². The molecule has 3 fully saturated rings. The van der Waals surface area contributed by atoms with E-state index >= 15 is 0 Å². The van der Waals surface area contributed by atoms with E-state index in [0.29, 0.717) is 23.0 Å². The minimum absolute atomic E-state index is 0.279. The Bertz CT molecular complexity index is 578. The first-order valence-corrected chi connectivity index (χ1v) is 10.5. The molecule has 4 heteroatoms. The van der Waals surface area contributed by atoms with E-state index in [0.717, 1.165) is 38.8 Å². The van der Waals surface area contributed by atoms with Crippen molar-refractivity contribution in [3.05, 3.63) is 35.9 Å². The summed E-state index contributed by atoms with van der Waals surface area (Å²) < 4.78 is 0. The van der Waals surface area contributed by atoms with Gasteiger partial charge in [-0.05, 0) is 55.3 Å². The summed E-state index contributed by atoms with van der Waals surface area (Å²) in [5.74, 6) is 3.15. The molecular formula is C20H28N2OS. The van der Waals surface area contributed by atoms with E-state index < -0.39 is 0 Å². The Balaban J connectivity index is 1.39. The number of carbonyl (C=O) groups excluding carboxylic acids is 1. The smallest absolute Gasteiger partial charge is 0.226 e. The number of benzene rings is 1. The molecule has 5 unspecified atom stereocenters. The molecule has 3 aliphatic rings. The molecule has 0 radical (unpaired) electrons. The van der Waals surface area contributed by atoms with Gasteiger partial charge in [0.15, 0.2) is 0 Å². The highest BCUT2D eigenvalue weighted by molar-refractivity contribution is 8.00. The van der Waals surface area contributed by atoms with Crippen LogP contribution >= 0.6 is 11.8 Å². The van der Waals surface area contributed by atoms with Crippen LogP contribution in [0.25, 0.3) is 0 Å². The second kappa shape index (κ2) is 7.09. The van der Waals surface area contributed by atoms with Crippen LogP contribution in [0.4, 0.5) is 0 Å². The Kier molecular flexibility index (Phi) is 4.86. The van der Waals surface area contributed by atoms with Gasteiger partial charge in [-0.15, -0.1) is 0 Å². The average Bonchev–Trinajstić information content (AvgIpc) is 3.31. The number of nitrogens with zero attached hydrogens (tertiary/aromatic N) is 1. The van der Waals surface area contributed by atoms with Gasteiger partial charge in [-0.3, -0.25) is 4.79 Å². The fourth-order valence-electron chi connectivity index (χ4n) is 4.53. The molecule has 1 amide bonds. The first-order valence-electron chi connectivity index (χ1n) is 9.45. The molecule has 0 spiro atoms. The third-order valence-corrected chi connectivity index (χ3v) is 7.56. The zero-order valence-electron chi connectivity index (χ0n) is 14.3. The topological polar surface area (TPSA) is 46.3 Å². The van der Waals surface area contributed by atoms with Crippen molar-refractivity contribution in [2.45, 2.75) is 49.3 Å². The SMILES string of the molecule is NC1CCCN(C(=O)C2CC2C2SCCC2c2ccccc2)CC1. The summed E-state index contributed by atoms with van der Waals surface area (Å²) in [5, 5.41) is 0.635. The highest BCUT2D eigenvalue weighted by Gasteiger charge is 2.52. The van der Waals surface area contributed by atoms with Crippen molar-refractivity contribution in [3.8, 4) is 0 Å². The van der Waals surface area contributed by atoms with Crippen LogP contribution in [0.2, 0.25) is 0 Å². The maximum atomic E-state index is 12.9. The third-order valence-electron chi connectivity index (χ3n) is 6.03. The molecule has 24 heavy (non-hydrogen) atoms. The lowest BCUT2D eigenvalue weighted by molar-refractivity contribution is -0.132. The molecule has 1 aromatic carbocycles. The molecule has 4 rings (SSSR count). The molecular weight excluding hydrogens is 316 g/mol. The quantitative estimate of drug-likeness (QED) is 0.915. The van der Waals surface area contributed by atoms with Crippen LogP contribution in [-0.2, 0) is 4.79 Å². The van der Waals surface area contributed by atoms with Gasteiger partial charge in [0.05, 0.1) is 0 Å². The van der Waals surface area contributed by atoms with Crippen LogP contribution in [0.3, 0.4) is 0 Å². The fraction of sp³-hybridized carbons (Fsp3) is 0.650. The molecule has 1 saturated carbocycles. The second-order valence-electron chi connectivity index (χ2n) is 7.66. The maximum absolute atomic E-state index is 12.9. The fourth-order valence-corrected chi connectivity index (χ4v) is 6.26. The average molecular weight is 345 g/mol. The van der Waals surface area contributed by atoms with Gasteiger partial charge < -0.3 is 10.6 Å². The molecule has 3 nitrogen and oxygen atoms in total. The zero-order chi connectivity index (χ0) is 16.5. The van der Waals surface area contributed by atoms with Crippen molar-refractivity contribution >= 4 is 17.7 Å². The van der Waals surface area contributed by atoms with Gasteiger partial charge in [0, 0.05) is 30.3 Å². The van der Waals surface area contributed by atoms with Gasteiger partial charge in [-0.25, -0.2) is 0 Å².